The molecule has 0 saturated carbocycles. The lowest BCUT2D eigenvalue weighted by molar-refractivity contribution is -0.116. The van der Waals surface area contributed by atoms with Crippen molar-refractivity contribution >= 4 is 34.4 Å². The molecule has 3 rings (SSSR count). The Labute approximate surface area is 157 Å². The summed E-state index contributed by atoms with van der Waals surface area (Å²) in [6, 6.07) is 13.8. The van der Waals surface area contributed by atoms with Crippen LogP contribution in [-0.2, 0) is 18.9 Å². The highest BCUT2D eigenvalue weighted by Crippen LogP contribution is 2.36. The van der Waals surface area contributed by atoms with Gasteiger partial charge in [-0.05, 0) is 30.2 Å². The number of hydrogen-bond donors (Lipinski definition) is 1. The van der Waals surface area contributed by atoms with Gasteiger partial charge in [0.1, 0.15) is 0 Å². The first-order valence-corrected chi connectivity index (χ1v) is 9.40. The van der Waals surface area contributed by atoms with Crippen LogP contribution >= 0.6 is 11.8 Å². The van der Waals surface area contributed by atoms with Crippen LogP contribution in [0.1, 0.15) is 20.3 Å². The summed E-state index contributed by atoms with van der Waals surface area (Å²) in [6.45, 7) is 4.03. The summed E-state index contributed by atoms with van der Waals surface area (Å²) in [5.41, 5.74) is 2.30. The van der Waals surface area contributed by atoms with E-state index in [0.717, 1.165) is 26.5 Å². The van der Waals surface area contributed by atoms with E-state index in [1.54, 1.807) is 35.0 Å². The fourth-order valence-corrected chi connectivity index (χ4v) is 3.83. The number of imidazole rings is 1. The number of aromatic nitrogens is 2. The molecule has 1 heterocycles. The van der Waals surface area contributed by atoms with E-state index < -0.39 is 0 Å². The van der Waals surface area contributed by atoms with Crippen molar-refractivity contribution < 1.29 is 4.79 Å². The first-order chi connectivity index (χ1) is 12.4. The molecule has 1 N–H and O–H groups in total. The molecule has 0 spiro atoms. The highest BCUT2D eigenvalue weighted by atomic mass is 32.2. The maximum atomic E-state index is 12.3. The van der Waals surface area contributed by atoms with Gasteiger partial charge >= 0.3 is 5.69 Å². The molecule has 1 aromatic heterocycles. The van der Waals surface area contributed by atoms with Gasteiger partial charge in [0.15, 0.2) is 0 Å². The maximum absolute atomic E-state index is 12.3. The van der Waals surface area contributed by atoms with Crippen LogP contribution in [0, 0.1) is 5.92 Å². The number of fused-ring (bicyclic) bond motifs is 1. The van der Waals surface area contributed by atoms with Crippen LogP contribution in [0.25, 0.3) is 11.0 Å². The van der Waals surface area contributed by atoms with Gasteiger partial charge in [-0.3, -0.25) is 13.9 Å². The van der Waals surface area contributed by atoms with Gasteiger partial charge in [-0.1, -0.05) is 43.8 Å². The Morgan fingerprint density at radius 3 is 2.31 bits per heavy atom. The Bertz CT molecular complexity index is 1000. The highest BCUT2D eigenvalue weighted by Gasteiger charge is 2.15. The van der Waals surface area contributed by atoms with Gasteiger partial charge in [0.05, 0.1) is 16.7 Å². The average molecular weight is 369 g/mol. The van der Waals surface area contributed by atoms with Crippen LogP contribution in [0.15, 0.2) is 57.1 Å². The third-order valence-corrected chi connectivity index (χ3v) is 5.28. The molecule has 0 atom stereocenters. The van der Waals surface area contributed by atoms with Crippen LogP contribution < -0.4 is 11.0 Å². The van der Waals surface area contributed by atoms with Crippen LogP contribution in [0.2, 0.25) is 0 Å². The van der Waals surface area contributed by atoms with E-state index in [1.165, 1.54) is 0 Å². The lowest BCUT2D eigenvalue weighted by Crippen LogP contribution is -2.19. The molecule has 5 nitrogen and oxygen atoms in total. The maximum Gasteiger partial charge on any atom is 0.328 e. The molecule has 2 aromatic carbocycles. The van der Waals surface area contributed by atoms with Crippen molar-refractivity contribution in [2.45, 2.75) is 30.1 Å². The van der Waals surface area contributed by atoms with Gasteiger partial charge in [0.25, 0.3) is 0 Å². The smallest absolute Gasteiger partial charge is 0.325 e. The standard InChI is InChI=1S/C20H23N3O2S/c1-13(2)10-19(24)21-15-11-16-17(23(4)20(25)22(16)3)12-18(15)26-14-8-6-5-7-9-14/h5-9,11-13H,10H2,1-4H3,(H,21,24). The SMILES string of the molecule is CC(C)CC(=O)Nc1cc2c(cc1Sc1ccccc1)n(C)c(=O)n2C. The fraction of sp³-hybridized carbons (Fsp3) is 0.300. The van der Waals surface area contributed by atoms with E-state index in [9.17, 15) is 9.59 Å². The molecular weight excluding hydrogens is 346 g/mol. The van der Waals surface area contributed by atoms with Gasteiger partial charge in [-0.25, -0.2) is 4.79 Å². The largest absolute Gasteiger partial charge is 0.328 e. The number of carbonyl (C=O) groups excluding carboxylic acids is 1. The number of aryl methyl sites for hydroxylation is 2. The number of anilines is 1. The third kappa shape index (κ3) is 3.70. The summed E-state index contributed by atoms with van der Waals surface area (Å²) in [6.07, 6.45) is 0.460. The van der Waals surface area contributed by atoms with Gasteiger partial charge in [0, 0.05) is 30.3 Å². The summed E-state index contributed by atoms with van der Waals surface area (Å²) in [4.78, 5) is 26.6. The first kappa shape index (κ1) is 18.3. The molecule has 6 heteroatoms. The molecule has 1 amide bonds. The van der Waals surface area contributed by atoms with Crippen molar-refractivity contribution in [2.75, 3.05) is 5.32 Å². The van der Waals surface area contributed by atoms with Gasteiger partial charge < -0.3 is 5.32 Å². The molecule has 0 unspecified atom stereocenters. The second kappa shape index (κ2) is 7.41. The van der Waals surface area contributed by atoms with Crippen molar-refractivity contribution in [3.05, 3.63) is 52.9 Å². The molecule has 0 aliphatic rings. The molecule has 0 fully saturated rings. The number of hydrogen-bond acceptors (Lipinski definition) is 3. The normalized spacial score (nSPS) is 11.3. The van der Waals surface area contributed by atoms with Crippen molar-refractivity contribution in [1.82, 2.24) is 9.13 Å². The fourth-order valence-electron chi connectivity index (χ4n) is 2.90. The second-order valence-electron chi connectivity index (χ2n) is 6.80. The Balaban J connectivity index is 2.09. The number of carbonyl (C=O) groups is 1. The zero-order valence-corrected chi connectivity index (χ0v) is 16.3. The summed E-state index contributed by atoms with van der Waals surface area (Å²) in [5.74, 6) is 0.264. The van der Waals surface area contributed by atoms with Crippen LogP contribution in [0.4, 0.5) is 5.69 Å². The number of rotatable bonds is 5. The lowest BCUT2D eigenvalue weighted by atomic mass is 10.1. The summed E-state index contributed by atoms with van der Waals surface area (Å²) < 4.78 is 3.23. The van der Waals surface area contributed by atoms with Gasteiger partial charge in [-0.2, -0.15) is 0 Å². The summed E-state index contributed by atoms with van der Waals surface area (Å²) in [5, 5.41) is 3.03. The van der Waals surface area contributed by atoms with E-state index in [0.29, 0.717) is 6.42 Å². The Kier molecular flexibility index (Phi) is 5.23. The average Bonchev–Trinajstić information content (AvgIpc) is 2.80. The van der Waals surface area contributed by atoms with E-state index >= 15 is 0 Å². The van der Waals surface area contributed by atoms with E-state index in [4.69, 9.17) is 0 Å². The molecule has 136 valence electrons. The molecule has 3 aromatic rings. The zero-order chi connectivity index (χ0) is 18.8. The molecule has 0 saturated heterocycles. The monoisotopic (exact) mass is 369 g/mol. The van der Waals surface area contributed by atoms with Crippen LogP contribution in [0.5, 0.6) is 0 Å². The second-order valence-corrected chi connectivity index (χ2v) is 7.91. The Morgan fingerprint density at radius 1 is 1.08 bits per heavy atom. The molecule has 0 aliphatic heterocycles. The van der Waals surface area contributed by atoms with Crippen LogP contribution in [0.3, 0.4) is 0 Å². The van der Waals surface area contributed by atoms with Crippen molar-refractivity contribution in [1.29, 1.82) is 0 Å². The minimum absolute atomic E-state index is 0.0183. The minimum atomic E-state index is -0.0821. The molecule has 26 heavy (non-hydrogen) atoms. The highest BCUT2D eigenvalue weighted by molar-refractivity contribution is 7.99. The van der Waals surface area contributed by atoms with E-state index in [1.807, 2.05) is 56.3 Å². The van der Waals surface area contributed by atoms with Crippen molar-refractivity contribution in [2.24, 2.45) is 20.0 Å². The van der Waals surface area contributed by atoms with Crippen LogP contribution in [-0.4, -0.2) is 15.0 Å². The predicted octanol–water partition coefficient (Wildman–Crippen LogP) is 4.01. The number of nitrogens with one attached hydrogen (secondary N) is 1. The lowest BCUT2D eigenvalue weighted by Gasteiger charge is -2.13. The molecule has 0 aliphatic carbocycles. The van der Waals surface area contributed by atoms with E-state index in [2.05, 4.69) is 5.32 Å². The van der Waals surface area contributed by atoms with Crippen molar-refractivity contribution in [3.63, 3.8) is 0 Å². The Hall–Kier alpha value is -2.47. The Morgan fingerprint density at radius 2 is 1.69 bits per heavy atom. The van der Waals surface area contributed by atoms with E-state index in [-0.39, 0.29) is 17.5 Å². The first-order valence-electron chi connectivity index (χ1n) is 8.59. The predicted molar refractivity (Wildman–Crippen MR) is 107 cm³/mol. The summed E-state index contributed by atoms with van der Waals surface area (Å²) in [7, 11) is 3.51. The molecule has 0 radical (unpaired) electrons. The number of nitrogens with zero attached hydrogens (tertiary/aromatic N) is 2. The number of amides is 1. The minimum Gasteiger partial charge on any atom is -0.325 e. The zero-order valence-electron chi connectivity index (χ0n) is 15.4. The van der Waals surface area contributed by atoms with Gasteiger partial charge in [-0.15, -0.1) is 0 Å². The molecule has 0 bridgehead atoms. The molecular formula is C20H23N3O2S. The number of benzene rings is 2. The third-order valence-electron chi connectivity index (χ3n) is 4.21. The van der Waals surface area contributed by atoms with Crippen molar-refractivity contribution in [3.8, 4) is 0 Å². The quantitative estimate of drug-likeness (QED) is 0.739. The van der Waals surface area contributed by atoms with Gasteiger partial charge in [0.2, 0.25) is 5.91 Å². The topological polar surface area (TPSA) is 56.0 Å². The summed E-state index contributed by atoms with van der Waals surface area (Å²) >= 11 is 1.57.